The zero-order chi connectivity index (χ0) is 27.1. The molecule has 0 bridgehead atoms. The summed E-state index contributed by atoms with van der Waals surface area (Å²) < 4.78 is 49.5. The van der Waals surface area contributed by atoms with Crippen molar-refractivity contribution in [1.29, 1.82) is 0 Å². The summed E-state index contributed by atoms with van der Waals surface area (Å²) in [6.07, 6.45) is 1.36. The molecular formula is C26H34F3N5O3. The van der Waals surface area contributed by atoms with E-state index in [1.165, 1.54) is 0 Å². The fraction of sp³-hybridized carbons (Fsp3) is 0.577. The van der Waals surface area contributed by atoms with Gasteiger partial charge in [-0.2, -0.15) is 0 Å². The maximum atomic E-state index is 14.7. The molecule has 2 aromatic rings. The molecule has 1 aromatic heterocycles. The molecule has 0 saturated carbocycles. The van der Waals surface area contributed by atoms with Gasteiger partial charge in [0.15, 0.2) is 17.3 Å². The van der Waals surface area contributed by atoms with Crippen LogP contribution in [0.2, 0.25) is 0 Å². The standard InChI is InChI=1S/C26H34F3N5O3/c1-26(2,3)22(25(36)33-10-7-15(13-33)37-5)31-24(35)21-20-14-32(4)8-6-9-34(20)23(30-21)16-11-18(28)19(29)12-17(16)27/h11-12,15,22H,6-10,13-14H2,1-5H3,(H,31,35)/t15?,22-/m1/s1. The van der Waals surface area contributed by atoms with E-state index >= 15 is 0 Å². The molecule has 2 aliphatic rings. The minimum atomic E-state index is -1.30. The second-order valence-corrected chi connectivity index (χ2v) is 10.9. The molecule has 1 saturated heterocycles. The van der Waals surface area contributed by atoms with Crippen LogP contribution in [-0.2, 0) is 22.6 Å². The third-order valence-electron chi connectivity index (χ3n) is 7.06. The van der Waals surface area contributed by atoms with Crippen LogP contribution in [0.25, 0.3) is 11.4 Å². The average Bonchev–Trinajstić information content (AvgIpc) is 3.39. The van der Waals surface area contributed by atoms with Gasteiger partial charge in [-0.05, 0) is 37.9 Å². The number of rotatable bonds is 5. The van der Waals surface area contributed by atoms with E-state index in [1.54, 1.807) is 16.6 Å². The Morgan fingerprint density at radius 1 is 1.11 bits per heavy atom. The second kappa shape index (κ2) is 10.4. The minimum absolute atomic E-state index is 0.0334. The van der Waals surface area contributed by atoms with Crippen LogP contribution in [0.4, 0.5) is 13.2 Å². The lowest BCUT2D eigenvalue weighted by Gasteiger charge is -2.33. The molecule has 8 nitrogen and oxygen atoms in total. The fourth-order valence-corrected chi connectivity index (χ4v) is 4.95. The Bertz CT molecular complexity index is 1190. The number of likely N-dealkylation sites (tertiary alicyclic amines) is 1. The molecule has 0 radical (unpaired) electrons. The molecule has 37 heavy (non-hydrogen) atoms. The number of imidazole rings is 1. The molecule has 202 valence electrons. The number of methoxy groups -OCH3 is 1. The van der Waals surface area contributed by atoms with Gasteiger partial charge in [-0.3, -0.25) is 9.59 Å². The second-order valence-electron chi connectivity index (χ2n) is 10.9. The number of nitrogens with zero attached hydrogens (tertiary/aromatic N) is 4. The monoisotopic (exact) mass is 521 g/mol. The normalized spacial score (nSPS) is 19.5. The Morgan fingerprint density at radius 3 is 2.46 bits per heavy atom. The van der Waals surface area contributed by atoms with Gasteiger partial charge in [0.25, 0.3) is 5.91 Å². The first-order valence-electron chi connectivity index (χ1n) is 12.5. The van der Waals surface area contributed by atoms with Crippen LogP contribution in [0.1, 0.15) is 49.8 Å². The lowest BCUT2D eigenvalue weighted by Crippen LogP contribution is -2.54. The Morgan fingerprint density at radius 2 is 1.81 bits per heavy atom. The summed E-state index contributed by atoms with van der Waals surface area (Å²) in [4.78, 5) is 35.2. The van der Waals surface area contributed by atoms with Crippen molar-refractivity contribution >= 4 is 11.8 Å². The molecule has 2 amide bonds. The van der Waals surface area contributed by atoms with E-state index in [9.17, 15) is 22.8 Å². The predicted octanol–water partition coefficient (Wildman–Crippen LogP) is 3.19. The molecule has 2 aliphatic heterocycles. The largest absolute Gasteiger partial charge is 0.380 e. The van der Waals surface area contributed by atoms with Gasteiger partial charge in [0.1, 0.15) is 17.7 Å². The van der Waals surface area contributed by atoms with Crippen LogP contribution >= 0.6 is 0 Å². The van der Waals surface area contributed by atoms with Crippen molar-refractivity contribution in [3.63, 3.8) is 0 Å². The quantitative estimate of drug-likeness (QED) is 0.612. The van der Waals surface area contributed by atoms with Crippen molar-refractivity contribution in [3.05, 3.63) is 41.0 Å². The number of benzene rings is 1. The lowest BCUT2D eigenvalue weighted by molar-refractivity contribution is -0.135. The van der Waals surface area contributed by atoms with E-state index < -0.39 is 34.8 Å². The van der Waals surface area contributed by atoms with Gasteiger partial charge < -0.3 is 24.4 Å². The minimum Gasteiger partial charge on any atom is -0.380 e. The number of hydrogen-bond donors (Lipinski definition) is 1. The first-order valence-corrected chi connectivity index (χ1v) is 12.5. The lowest BCUT2D eigenvalue weighted by atomic mass is 9.85. The van der Waals surface area contributed by atoms with Crippen LogP contribution in [0, 0.1) is 22.9 Å². The Hall–Kier alpha value is -2.92. The zero-order valence-electron chi connectivity index (χ0n) is 21.9. The summed E-state index contributed by atoms with van der Waals surface area (Å²) in [6, 6.07) is 0.393. The maximum absolute atomic E-state index is 14.7. The average molecular weight is 522 g/mol. The molecule has 4 rings (SSSR count). The number of fused-ring (bicyclic) bond motifs is 1. The van der Waals surface area contributed by atoms with Crippen LogP contribution < -0.4 is 5.32 Å². The molecule has 2 atom stereocenters. The Balaban J connectivity index is 1.72. The van der Waals surface area contributed by atoms with Gasteiger partial charge in [-0.25, -0.2) is 18.2 Å². The SMILES string of the molecule is COC1CCN(C(=O)[C@@H](NC(=O)c2nc(-c3cc(F)c(F)cc3F)n3c2CN(C)CCC3)C(C)(C)C)C1. The van der Waals surface area contributed by atoms with Crippen LogP contribution in [0.15, 0.2) is 12.1 Å². The number of carbonyl (C=O) groups excluding carboxylic acids is 2. The number of hydrogen-bond acceptors (Lipinski definition) is 5. The van der Waals surface area contributed by atoms with E-state index in [0.29, 0.717) is 44.4 Å². The van der Waals surface area contributed by atoms with Crippen molar-refractivity contribution in [1.82, 2.24) is 24.7 Å². The summed E-state index contributed by atoms with van der Waals surface area (Å²) in [6.45, 7) is 8.06. The molecule has 3 heterocycles. The number of ether oxygens (including phenoxy) is 1. The number of nitrogens with one attached hydrogen (secondary N) is 1. The van der Waals surface area contributed by atoms with Gasteiger partial charge in [-0.1, -0.05) is 20.8 Å². The summed E-state index contributed by atoms with van der Waals surface area (Å²) in [7, 11) is 3.50. The molecule has 1 fully saturated rings. The maximum Gasteiger partial charge on any atom is 0.272 e. The number of amides is 2. The first kappa shape index (κ1) is 27.1. The van der Waals surface area contributed by atoms with Crippen molar-refractivity contribution in [2.45, 2.75) is 58.8 Å². The Kier molecular flexibility index (Phi) is 7.66. The topological polar surface area (TPSA) is 79.7 Å². The summed E-state index contributed by atoms with van der Waals surface area (Å²) in [5, 5.41) is 2.87. The summed E-state index contributed by atoms with van der Waals surface area (Å²) >= 11 is 0. The van der Waals surface area contributed by atoms with E-state index in [-0.39, 0.29) is 29.1 Å². The number of halogens is 3. The molecule has 11 heteroatoms. The molecule has 0 aliphatic carbocycles. The molecule has 0 spiro atoms. The van der Waals surface area contributed by atoms with Crippen molar-refractivity contribution in [2.24, 2.45) is 5.41 Å². The highest BCUT2D eigenvalue weighted by molar-refractivity contribution is 5.98. The van der Waals surface area contributed by atoms with E-state index in [2.05, 4.69) is 10.3 Å². The van der Waals surface area contributed by atoms with Crippen molar-refractivity contribution in [3.8, 4) is 11.4 Å². The predicted molar refractivity (Wildman–Crippen MR) is 131 cm³/mol. The Labute approximate surface area is 214 Å². The van der Waals surface area contributed by atoms with Crippen molar-refractivity contribution in [2.75, 3.05) is 33.8 Å². The molecule has 1 unspecified atom stereocenters. The smallest absolute Gasteiger partial charge is 0.272 e. The van der Waals surface area contributed by atoms with Gasteiger partial charge in [-0.15, -0.1) is 0 Å². The molecular weight excluding hydrogens is 487 g/mol. The van der Waals surface area contributed by atoms with Gasteiger partial charge >= 0.3 is 0 Å². The van der Waals surface area contributed by atoms with E-state index in [0.717, 1.165) is 19.0 Å². The van der Waals surface area contributed by atoms with E-state index in [4.69, 9.17) is 4.74 Å². The third kappa shape index (κ3) is 5.52. The number of carbonyl (C=O) groups is 2. The van der Waals surface area contributed by atoms with E-state index in [1.807, 2.05) is 32.7 Å². The van der Waals surface area contributed by atoms with Crippen LogP contribution in [0.5, 0.6) is 0 Å². The first-order chi connectivity index (χ1) is 17.4. The number of aromatic nitrogens is 2. The fourth-order valence-electron chi connectivity index (χ4n) is 4.95. The summed E-state index contributed by atoms with van der Waals surface area (Å²) in [5.74, 6) is -4.22. The van der Waals surface area contributed by atoms with Gasteiger partial charge in [0.05, 0.1) is 17.4 Å². The van der Waals surface area contributed by atoms with Crippen LogP contribution in [0.3, 0.4) is 0 Å². The molecule has 1 N–H and O–H groups in total. The van der Waals surface area contributed by atoms with Gasteiger partial charge in [0.2, 0.25) is 5.91 Å². The third-order valence-corrected chi connectivity index (χ3v) is 7.06. The van der Waals surface area contributed by atoms with Gasteiger partial charge in [0, 0.05) is 39.4 Å². The molecule has 1 aromatic carbocycles. The van der Waals surface area contributed by atoms with Crippen molar-refractivity contribution < 1.29 is 27.5 Å². The van der Waals surface area contributed by atoms with Crippen LogP contribution in [-0.4, -0.2) is 77.1 Å². The highest BCUT2D eigenvalue weighted by Crippen LogP contribution is 2.30. The highest BCUT2D eigenvalue weighted by Gasteiger charge is 2.39. The highest BCUT2D eigenvalue weighted by atomic mass is 19.2. The summed E-state index contributed by atoms with van der Waals surface area (Å²) in [5.41, 5.74) is -0.279. The zero-order valence-corrected chi connectivity index (χ0v) is 21.9.